The second-order valence-electron chi connectivity index (χ2n) is 3.97. The SMILES string of the molecule is NC(=S)c1cnc(Nc2ccc(C(F)(F)F)cc2Cl)cn1. The van der Waals surface area contributed by atoms with Crippen LogP contribution in [0.1, 0.15) is 11.3 Å². The van der Waals surface area contributed by atoms with E-state index >= 15 is 0 Å². The highest BCUT2D eigenvalue weighted by molar-refractivity contribution is 7.80. The summed E-state index contributed by atoms with van der Waals surface area (Å²) in [5.41, 5.74) is 5.17. The number of thiocarbonyl (C=S) groups is 1. The lowest BCUT2D eigenvalue weighted by atomic mass is 10.2. The van der Waals surface area contributed by atoms with E-state index in [1.807, 2.05) is 0 Å². The molecule has 4 nitrogen and oxygen atoms in total. The van der Waals surface area contributed by atoms with Gasteiger partial charge in [0.1, 0.15) is 16.5 Å². The van der Waals surface area contributed by atoms with Gasteiger partial charge in [0.2, 0.25) is 0 Å². The fourth-order valence-corrected chi connectivity index (χ4v) is 1.78. The van der Waals surface area contributed by atoms with Crippen LogP contribution in [0, 0.1) is 0 Å². The van der Waals surface area contributed by atoms with Gasteiger partial charge in [-0.2, -0.15) is 13.2 Å². The number of halogens is 4. The molecule has 0 saturated carbocycles. The summed E-state index contributed by atoms with van der Waals surface area (Å²) in [4.78, 5) is 8.03. The molecule has 21 heavy (non-hydrogen) atoms. The summed E-state index contributed by atoms with van der Waals surface area (Å²) in [5, 5.41) is 2.68. The van der Waals surface area contributed by atoms with Crippen LogP contribution in [0.15, 0.2) is 30.6 Å². The lowest BCUT2D eigenvalue weighted by molar-refractivity contribution is -0.137. The van der Waals surface area contributed by atoms with Gasteiger partial charge in [-0.15, -0.1) is 0 Å². The van der Waals surface area contributed by atoms with Crippen LogP contribution < -0.4 is 11.1 Å². The molecule has 0 fully saturated rings. The molecule has 0 spiro atoms. The molecular weight excluding hydrogens is 325 g/mol. The minimum absolute atomic E-state index is 0.0787. The van der Waals surface area contributed by atoms with Crippen molar-refractivity contribution in [1.29, 1.82) is 0 Å². The first-order valence-corrected chi connectivity index (χ1v) is 6.31. The van der Waals surface area contributed by atoms with Gasteiger partial charge < -0.3 is 11.1 Å². The third-order valence-corrected chi connectivity index (χ3v) is 2.99. The van der Waals surface area contributed by atoms with Crippen molar-refractivity contribution in [3.8, 4) is 0 Å². The average Bonchev–Trinajstić information content (AvgIpc) is 2.40. The van der Waals surface area contributed by atoms with E-state index in [4.69, 9.17) is 29.6 Å². The van der Waals surface area contributed by atoms with Crippen molar-refractivity contribution in [2.45, 2.75) is 6.18 Å². The maximum atomic E-state index is 12.5. The molecule has 110 valence electrons. The molecule has 1 aromatic carbocycles. The Hall–Kier alpha value is -1.93. The second-order valence-corrected chi connectivity index (χ2v) is 4.82. The van der Waals surface area contributed by atoms with E-state index in [2.05, 4.69) is 15.3 Å². The molecule has 1 heterocycles. The molecule has 0 unspecified atom stereocenters. The van der Waals surface area contributed by atoms with Crippen LogP contribution in [-0.4, -0.2) is 15.0 Å². The molecule has 0 saturated heterocycles. The lowest BCUT2D eigenvalue weighted by Crippen LogP contribution is -2.12. The summed E-state index contributed by atoms with van der Waals surface area (Å²) in [6, 6.07) is 2.97. The molecule has 2 aromatic rings. The number of nitrogens with one attached hydrogen (secondary N) is 1. The minimum Gasteiger partial charge on any atom is -0.388 e. The highest BCUT2D eigenvalue weighted by Crippen LogP contribution is 2.34. The van der Waals surface area contributed by atoms with Crippen molar-refractivity contribution in [3.63, 3.8) is 0 Å². The van der Waals surface area contributed by atoms with Crippen molar-refractivity contribution >= 4 is 40.3 Å². The van der Waals surface area contributed by atoms with E-state index in [-0.39, 0.29) is 15.7 Å². The molecule has 2 rings (SSSR count). The van der Waals surface area contributed by atoms with Crippen molar-refractivity contribution in [2.75, 3.05) is 5.32 Å². The number of aromatic nitrogens is 2. The highest BCUT2D eigenvalue weighted by atomic mass is 35.5. The quantitative estimate of drug-likeness (QED) is 0.842. The van der Waals surface area contributed by atoms with Crippen LogP contribution in [0.4, 0.5) is 24.7 Å². The zero-order valence-corrected chi connectivity index (χ0v) is 11.9. The fourth-order valence-electron chi connectivity index (χ4n) is 1.45. The highest BCUT2D eigenvalue weighted by Gasteiger charge is 2.30. The van der Waals surface area contributed by atoms with Gasteiger partial charge in [-0.25, -0.2) is 9.97 Å². The van der Waals surface area contributed by atoms with Crippen LogP contribution in [0.2, 0.25) is 5.02 Å². The summed E-state index contributed by atoms with van der Waals surface area (Å²) in [7, 11) is 0. The van der Waals surface area contributed by atoms with E-state index in [1.165, 1.54) is 18.5 Å². The van der Waals surface area contributed by atoms with Gasteiger partial charge in [-0.1, -0.05) is 23.8 Å². The van der Waals surface area contributed by atoms with Gasteiger partial charge in [0.25, 0.3) is 0 Å². The molecule has 0 aliphatic carbocycles. The molecule has 0 amide bonds. The van der Waals surface area contributed by atoms with Crippen LogP contribution >= 0.6 is 23.8 Å². The predicted molar refractivity (Wildman–Crippen MR) is 77.7 cm³/mol. The molecule has 0 radical (unpaired) electrons. The topological polar surface area (TPSA) is 63.8 Å². The zero-order chi connectivity index (χ0) is 15.6. The Labute approximate surface area is 128 Å². The summed E-state index contributed by atoms with van der Waals surface area (Å²) < 4.78 is 37.6. The number of benzene rings is 1. The van der Waals surface area contributed by atoms with Gasteiger partial charge in [-0.05, 0) is 18.2 Å². The summed E-state index contributed by atoms with van der Waals surface area (Å²) in [6.45, 7) is 0. The number of nitrogens with zero attached hydrogens (tertiary/aromatic N) is 2. The van der Waals surface area contributed by atoms with Crippen LogP contribution in [0.25, 0.3) is 0 Å². The number of alkyl halides is 3. The molecule has 0 atom stereocenters. The van der Waals surface area contributed by atoms with Crippen LogP contribution in [0.5, 0.6) is 0 Å². The Morgan fingerprint density at radius 3 is 2.43 bits per heavy atom. The monoisotopic (exact) mass is 332 g/mol. The second kappa shape index (κ2) is 5.82. The number of hydrogen-bond acceptors (Lipinski definition) is 4. The van der Waals surface area contributed by atoms with E-state index in [9.17, 15) is 13.2 Å². The van der Waals surface area contributed by atoms with Crippen molar-refractivity contribution in [3.05, 3.63) is 46.9 Å². The Kier molecular flexibility index (Phi) is 4.29. The summed E-state index contributed by atoms with van der Waals surface area (Å²) in [6.07, 6.45) is -1.74. The number of hydrogen-bond donors (Lipinski definition) is 2. The Bertz CT molecular complexity index is 673. The maximum Gasteiger partial charge on any atom is 0.416 e. The van der Waals surface area contributed by atoms with Gasteiger partial charge >= 0.3 is 6.18 Å². The van der Waals surface area contributed by atoms with E-state index in [0.29, 0.717) is 11.5 Å². The van der Waals surface area contributed by atoms with Crippen LogP contribution in [0.3, 0.4) is 0 Å². The van der Waals surface area contributed by atoms with E-state index in [0.717, 1.165) is 12.1 Å². The van der Waals surface area contributed by atoms with Gasteiger partial charge in [-0.3, -0.25) is 0 Å². The maximum absolute atomic E-state index is 12.5. The molecule has 1 aromatic heterocycles. The largest absolute Gasteiger partial charge is 0.416 e. The number of rotatable bonds is 3. The normalized spacial score (nSPS) is 11.2. The molecule has 0 aliphatic heterocycles. The third kappa shape index (κ3) is 3.79. The Balaban J connectivity index is 2.22. The van der Waals surface area contributed by atoms with Gasteiger partial charge in [0.05, 0.1) is 28.7 Å². The van der Waals surface area contributed by atoms with E-state index in [1.54, 1.807) is 0 Å². The molecule has 0 aliphatic rings. The number of nitrogens with two attached hydrogens (primary N) is 1. The van der Waals surface area contributed by atoms with E-state index < -0.39 is 11.7 Å². The molecule has 0 bridgehead atoms. The van der Waals surface area contributed by atoms with Crippen molar-refractivity contribution in [1.82, 2.24) is 9.97 Å². The molecule has 9 heteroatoms. The smallest absolute Gasteiger partial charge is 0.388 e. The van der Waals surface area contributed by atoms with Gasteiger partial charge in [0, 0.05) is 0 Å². The molecule has 3 N–H and O–H groups in total. The fraction of sp³-hybridized carbons (Fsp3) is 0.0833. The first kappa shape index (κ1) is 15.5. The zero-order valence-electron chi connectivity index (χ0n) is 10.3. The Morgan fingerprint density at radius 2 is 1.95 bits per heavy atom. The van der Waals surface area contributed by atoms with Crippen LogP contribution in [-0.2, 0) is 6.18 Å². The van der Waals surface area contributed by atoms with Crippen molar-refractivity contribution in [2.24, 2.45) is 5.73 Å². The summed E-state index contributed by atoms with van der Waals surface area (Å²) >= 11 is 10.5. The predicted octanol–water partition coefficient (Wildman–Crippen LogP) is 3.53. The third-order valence-electron chi connectivity index (χ3n) is 2.46. The first-order chi connectivity index (χ1) is 9.77. The average molecular weight is 333 g/mol. The summed E-state index contributed by atoms with van der Waals surface area (Å²) in [5.74, 6) is 0.302. The minimum atomic E-state index is -4.44. The molecular formula is C12H8ClF3N4S. The standard InChI is InChI=1S/C12H8ClF3N4S/c13-7-3-6(12(14,15)16)1-2-8(7)20-10-5-18-9(4-19-10)11(17)21/h1-5H,(H2,17,21)(H,19,20). The first-order valence-electron chi connectivity index (χ1n) is 5.53. The van der Waals surface area contributed by atoms with Gasteiger partial charge in [0.15, 0.2) is 0 Å². The van der Waals surface area contributed by atoms with Crippen molar-refractivity contribution < 1.29 is 13.2 Å². The Morgan fingerprint density at radius 1 is 1.24 bits per heavy atom. The number of anilines is 2. The lowest BCUT2D eigenvalue weighted by Gasteiger charge is -2.11.